The van der Waals surface area contributed by atoms with Crippen LogP contribution >= 0.6 is 0 Å². The molecule has 0 aromatic carbocycles. The van der Waals surface area contributed by atoms with Crippen molar-refractivity contribution in [2.45, 2.75) is 20.8 Å². The number of rotatable bonds is 3. The monoisotopic (exact) mass is 282 g/mol. The second kappa shape index (κ2) is 5.38. The maximum atomic E-state index is 12.1. The lowest BCUT2D eigenvalue weighted by molar-refractivity contribution is -0.112. The van der Waals surface area contributed by atoms with E-state index in [1.54, 1.807) is 13.8 Å². The number of hydrogen-bond acceptors (Lipinski definition) is 4. The van der Waals surface area contributed by atoms with Gasteiger partial charge in [-0.1, -0.05) is 19.0 Å². The molecule has 19 heavy (non-hydrogen) atoms. The lowest BCUT2D eigenvalue weighted by Gasteiger charge is -2.18. The fourth-order valence-electron chi connectivity index (χ4n) is 1.62. The minimum Gasteiger partial charge on any atom is -0.289 e. The van der Waals surface area contributed by atoms with E-state index < -0.39 is 15.8 Å². The molecule has 0 radical (unpaired) electrons. The third kappa shape index (κ3) is 3.52. The molecule has 0 bridgehead atoms. The SMILES string of the molecule is CC1=C(N=[N+]=[N-])C(=O)C(C(C)C)=CC1=NS(C)(=O)=O. The van der Waals surface area contributed by atoms with Crippen LogP contribution in [-0.2, 0) is 14.8 Å². The third-order valence-corrected chi connectivity index (χ3v) is 3.07. The van der Waals surface area contributed by atoms with E-state index in [9.17, 15) is 13.2 Å². The Hall–Kier alpha value is -1.92. The van der Waals surface area contributed by atoms with E-state index in [1.165, 1.54) is 13.0 Å². The fourth-order valence-corrected chi connectivity index (χ4v) is 2.16. The lowest BCUT2D eigenvalue weighted by atomic mass is 9.88. The molecule has 0 aliphatic heterocycles. The highest BCUT2D eigenvalue weighted by atomic mass is 32.2. The molecule has 0 unspecified atom stereocenters. The number of carbonyl (C=O) groups excluding carboxylic acids is 1. The van der Waals surface area contributed by atoms with Gasteiger partial charge in [0, 0.05) is 10.5 Å². The van der Waals surface area contributed by atoms with Gasteiger partial charge in [0.25, 0.3) is 10.0 Å². The first-order valence-corrected chi connectivity index (χ1v) is 7.34. The summed E-state index contributed by atoms with van der Waals surface area (Å²) in [5.41, 5.74) is 9.16. The van der Waals surface area contributed by atoms with Crippen molar-refractivity contribution in [1.29, 1.82) is 0 Å². The predicted octanol–water partition coefficient (Wildman–Crippen LogP) is 2.14. The average molecular weight is 282 g/mol. The number of hydrogen-bond donors (Lipinski definition) is 0. The molecule has 1 aliphatic carbocycles. The van der Waals surface area contributed by atoms with Crippen molar-refractivity contribution in [3.63, 3.8) is 0 Å². The second-order valence-electron chi connectivity index (χ2n) is 4.46. The summed E-state index contributed by atoms with van der Waals surface area (Å²) in [6, 6.07) is 0. The van der Waals surface area contributed by atoms with Gasteiger partial charge in [-0.15, -0.1) is 0 Å². The van der Waals surface area contributed by atoms with Gasteiger partial charge in [-0.3, -0.25) is 4.79 Å². The van der Waals surface area contributed by atoms with E-state index in [4.69, 9.17) is 5.53 Å². The van der Waals surface area contributed by atoms with Crippen LogP contribution in [0.3, 0.4) is 0 Å². The first-order chi connectivity index (χ1) is 8.67. The van der Waals surface area contributed by atoms with Gasteiger partial charge in [0.1, 0.15) is 0 Å². The fraction of sp³-hybridized carbons (Fsp3) is 0.455. The average Bonchev–Trinajstić information content (AvgIpc) is 2.26. The summed E-state index contributed by atoms with van der Waals surface area (Å²) < 4.78 is 26.0. The zero-order valence-electron chi connectivity index (χ0n) is 11.1. The van der Waals surface area contributed by atoms with Crippen LogP contribution in [0.1, 0.15) is 20.8 Å². The number of Topliss-reactive ketones (excluding diaryl/α,β-unsaturated/α-hetero) is 1. The Labute approximate surface area is 111 Å². The molecule has 0 atom stereocenters. The number of sulfonamides is 1. The Balaban J connectivity index is 3.57. The van der Waals surface area contributed by atoms with Gasteiger partial charge >= 0.3 is 0 Å². The maximum absolute atomic E-state index is 12.1. The van der Waals surface area contributed by atoms with Crippen molar-refractivity contribution in [2.75, 3.05) is 6.26 Å². The summed E-state index contributed by atoms with van der Waals surface area (Å²) in [6.07, 6.45) is 2.39. The van der Waals surface area contributed by atoms with Crippen molar-refractivity contribution in [3.05, 3.63) is 33.4 Å². The first kappa shape index (κ1) is 15.1. The molecular formula is C11H14N4O3S. The van der Waals surface area contributed by atoms with Gasteiger partial charge in [-0.25, -0.2) is 8.42 Å². The molecule has 0 heterocycles. The second-order valence-corrected chi connectivity index (χ2v) is 6.10. The maximum Gasteiger partial charge on any atom is 0.250 e. The molecule has 1 rings (SSSR count). The molecule has 0 fully saturated rings. The van der Waals surface area contributed by atoms with Crippen molar-refractivity contribution in [2.24, 2.45) is 15.4 Å². The van der Waals surface area contributed by atoms with Gasteiger partial charge < -0.3 is 0 Å². The highest BCUT2D eigenvalue weighted by Crippen LogP contribution is 2.26. The minimum atomic E-state index is -3.60. The summed E-state index contributed by atoms with van der Waals surface area (Å²) in [4.78, 5) is 14.7. The number of nitrogens with zero attached hydrogens (tertiary/aromatic N) is 4. The van der Waals surface area contributed by atoms with Crippen molar-refractivity contribution in [3.8, 4) is 0 Å². The number of azide groups is 1. The summed E-state index contributed by atoms with van der Waals surface area (Å²) >= 11 is 0. The Morgan fingerprint density at radius 2 is 1.95 bits per heavy atom. The first-order valence-electron chi connectivity index (χ1n) is 5.50. The Morgan fingerprint density at radius 3 is 2.37 bits per heavy atom. The lowest BCUT2D eigenvalue weighted by Crippen LogP contribution is -2.20. The van der Waals surface area contributed by atoms with E-state index >= 15 is 0 Å². The van der Waals surface area contributed by atoms with Gasteiger partial charge in [0.15, 0.2) is 5.78 Å². The van der Waals surface area contributed by atoms with E-state index in [2.05, 4.69) is 14.4 Å². The summed E-state index contributed by atoms with van der Waals surface area (Å²) in [5.74, 6) is -0.521. The van der Waals surface area contributed by atoms with Gasteiger partial charge in [0.05, 0.1) is 17.7 Å². The molecule has 0 aromatic heterocycles. The minimum absolute atomic E-state index is 0.101. The molecule has 0 spiro atoms. The molecule has 0 saturated heterocycles. The zero-order valence-corrected chi connectivity index (χ0v) is 11.9. The standard InChI is InChI=1S/C11H14N4O3S/c1-6(2)8-5-9(14-19(4,17)18)7(3)10(11(8)16)13-15-12/h5-6H,1-4H3. The van der Waals surface area contributed by atoms with Crippen LogP contribution in [0.2, 0.25) is 0 Å². The number of ketones is 1. The van der Waals surface area contributed by atoms with Crippen molar-refractivity contribution < 1.29 is 13.2 Å². The molecule has 0 amide bonds. The van der Waals surface area contributed by atoms with Crippen LogP contribution in [0.5, 0.6) is 0 Å². The quantitative estimate of drug-likeness (QED) is 0.342. The van der Waals surface area contributed by atoms with E-state index in [-0.39, 0.29) is 22.9 Å². The zero-order chi connectivity index (χ0) is 14.8. The largest absolute Gasteiger partial charge is 0.289 e. The summed E-state index contributed by atoms with van der Waals surface area (Å²) in [5, 5.41) is 3.35. The van der Waals surface area contributed by atoms with Crippen molar-refractivity contribution >= 4 is 21.5 Å². The van der Waals surface area contributed by atoms with Gasteiger partial charge in [-0.05, 0) is 30.0 Å². The molecule has 0 aromatic rings. The normalized spacial score (nSPS) is 18.7. The smallest absolute Gasteiger partial charge is 0.250 e. The third-order valence-electron chi connectivity index (χ3n) is 2.54. The molecule has 7 nitrogen and oxygen atoms in total. The Kier molecular flexibility index (Phi) is 4.28. The van der Waals surface area contributed by atoms with Crippen LogP contribution in [-0.4, -0.2) is 26.2 Å². The summed E-state index contributed by atoms with van der Waals surface area (Å²) in [6.45, 7) is 5.08. The summed E-state index contributed by atoms with van der Waals surface area (Å²) in [7, 11) is -3.60. The van der Waals surface area contributed by atoms with Crippen LogP contribution < -0.4 is 0 Å². The molecular weight excluding hydrogens is 268 g/mol. The topological polar surface area (TPSA) is 112 Å². The number of carbonyl (C=O) groups is 1. The van der Waals surface area contributed by atoms with E-state index in [0.29, 0.717) is 5.57 Å². The highest BCUT2D eigenvalue weighted by molar-refractivity contribution is 7.89. The molecule has 0 N–H and O–H groups in total. The number of allylic oxidation sites excluding steroid dienone is 3. The van der Waals surface area contributed by atoms with E-state index in [1.807, 2.05) is 0 Å². The van der Waals surface area contributed by atoms with E-state index in [0.717, 1.165) is 6.26 Å². The molecule has 0 saturated carbocycles. The van der Waals surface area contributed by atoms with Crippen LogP contribution in [0.15, 0.2) is 32.4 Å². The van der Waals surface area contributed by atoms with Crippen molar-refractivity contribution in [1.82, 2.24) is 0 Å². The van der Waals surface area contributed by atoms with Crippen LogP contribution in [0.25, 0.3) is 10.4 Å². The van der Waals surface area contributed by atoms with Crippen LogP contribution in [0, 0.1) is 5.92 Å². The molecule has 102 valence electrons. The molecule has 1 aliphatic rings. The Bertz CT molecular complexity index is 662. The van der Waals surface area contributed by atoms with Crippen LogP contribution in [0.4, 0.5) is 0 Å². The Morgan fingerprint density at radius 1 is 1.37 bits per heavy atom. The highest BCUT2D eigenvalue weighted by Gasteiger charge is 2.26. The predicted molar refractivity (Wildman–Crippen MR) is 72.1 cm³/mol. The molecule has 8 heteroatoms. The van der Waals surface area contributed by atoms with Gasteiger partial charge in [-0.2, -0.15) is 4.40 Å². The van der Waals surface area contributed by atoms with Gasteiger partial charge in [0.2, 0.25) is 0 Å².